The summed E-state index contributed by atoms with van der Waals surface area (Å²) in [5, 5.41) is 7.23. The van der Waals surface area contributed by atoms with Crippen molar-refractivity contribution in [3.05, 3.63) is 80.5 Å². The van der Waals surface area contributed by atoms with Gasteiger partial charge in [0.25, 0.3) is 0 Å². The van der Waals surface area contributed by atoms with Gasteiger partial charge in [-0.3, -0.25) is 4.79 Å². The molecule has 0 bridgehead atoms. The topological polar surface area (TPSA) is 205 Å². The molecular formula is C41H51B2Cl2F2KN5O9-. The molecule has 14 nitrogen and oxygen atoms in total. The maximum atomic E-state index is 15.0. The molecule has 0 atom stereocenters. The van der Waals surface area contributed by atoms with E-state index in [1.165, 1.54) is 0 Å². The molecule has 4 fully saturated rings. The Balaban J connectivity index is 0.000000225. The van der Waals surface area contributed by atoms with Crippen molar-refractivity contribution in [3.8, 4) is 0 Å². The number of nitrogens with two attached hydrogens (primary N) is 1. The fraction of sp³-hybridized carbons (Fsp3) is 0.561. The van der Waals surface area contributed by atoms with Gasteiger partial charge in [-0.1, -0.05) is 71.6 Å². The van der Waals surface area contributed by atoms with E-state index >= 15 is 0 Å². The minimum atomic E-state index is -0.843. The molecule has 2 aromatic heterocycles. The van der Waals surface area contributed by atoms with Crippen LogP contribution in [0.4, 0.5) is 8.78 Å². The molecule has 0 amide bonds. The second-order valence-corrected chi connectivity index (χ2v) is 19.0. The second-order valence-electron chi connectivity index (χ2n) is 18.3. The summed E-state index contributed by atoms with van der Waals surface area (Å²) in [5.41, 5.74) is 4.91. The quantitative estimate of drug-likeness (QED) is 0.137. The van der Waals surface area contributed by atoms with Gasteiger partial charge in [-0.05, 0) is 98.6 Å². The number of hydrogen-bond donors (Lipinski definition) is 1. The normalized spacial score (nSPS) is 20.1. The first kappa shape index (κ1) is 52.6. The van der Waals surface area contributed by atoms with Gasteiger partial charge in [0.1, 0.15) is 11.6 Å². The molecule has 330 valence electrons. The Morgan fingerprint density at radius 1 is 0.710 bits per heavy atom. The van der Waals surface area contributed by atoms with Gasteiger partial charge in [0.2, 0.25) is 23.4 Å². The van der Waals surface area contributed by atoms with Gasteiger partial charge >= 0.3 is 65.6 Å². The number of aryl methyl sites for hydroxylation is 1. The molecule has 0 unspecified atom stereocenters. The van der Waals surface area contributed by atoms with Crippen LogP contribution in [-0.4, -0.2) is 74.5 Å². The van der Waals surface area contributed by atoms with Crippen LogP contribution in [0, 0.1) is 11.6 Å². The van der Waals surface area contributed by atoms with Crippen LogP contribution >= 0.6 is 23.2 Å². The van der Waals surface area contributed by atoms with Crippen LogP contribution in [0.5, 0.6) is 0 Å². The number of aromatic nitrogens is 4. The molecule has 2 saturated carbocycles. The molecule has 4 heterocycles. The van der Waals surface area contributed by atoms with Crippen molar-refractivity contribution in [3.63, 3.8) is 0 Å². The molecule has 2 aliphatic heterocycles. The van der Waals surface area contributed by atoms with Crippen LogP contribution in [-0.2, 0) is 47.2 Å². The molecule has 3 N–H and O–H groups in total. The molecule has 4 aliphatic rings. The molecule has 0 radical (unpaired) electrons. The van der Waals surface area contributed by atoms with Crippen molar-refractivity contribution in [2.75, 3.05) is 0 Å². The number of carbonyl (C=O) groups is 1. The van der Waals surface area contributed by atoms with Gasteiger partial charge < -0.3 is 43.7 Å². The number of benzene rings is 2. The van der Waals surface area contributed by atoms with Crippen LogP contribution in [0.25, 0.3) is 0 Å². The molecule has 4 aromatic rings. The largest absolute Gasteiger partial charge is 1.00 e. The Hall–Kier alpha value is -1.97. The fourth-order valence-electron chi connectivity index (χ4n) is 6.12. The van der Waals surface area contributed by atoms with Crippen LogP contribution < -0.4 is 68.0 Å². The van der Waals surface area contributed by atoms with E-state index in [4.69, 9.17) is 56.6 Å². The van der Waals surface area contributed by atoms with Gasteiger partial charge in [-0.15, -0.1) is 0 Å². The zero-order valence-corrected chi connectivity index (χ0v) is 41.6. The molecule has 21 heteroatoms. The predicted molar refractivity (Wildman–Crippen MR) is 223 cm³/mol. The third kappa shape index (κ3) is 11.0. The summed E-state index contributed by atoms with van der Waals surface area (Å²) in [6, 6.07) is 6.62. The van der Waals surface area contributed by atoms with Crippen molar-refractivity contribution in [1.82, 2.24) is 20.3 Å². The molecule has 0 spiro atoms. The average molecular weight is 928 g/mol. The molecule has 2 aliphatic carbocycles. The van der Waals surface area contributed by atoms with Crippen molar-refractivity contribution in [2.24, 2.45) is 5.73 Å². The van der Waals surface area contributed by atoms with Gasteiger partial charge in [0, 0.05) is 34.7 Å². The Kier molecular flexibility index (Phi) is 16.5. The third-order valence-electron chi connectivity index (χ3n) is 12.5. The Morgan fingerprint density at radius 2 is 1.11 bits per heavy atom. The summed E-state index contributed by atoms with van der Waals surface area (Å²) in [7, 11) is -1.60. The van der Waals surface area contributed by atoms with Gasteiger partial charge in [0.05, 0.1) is 38.3 Å². The van der Waals surface area contributed by atoms with Crippen molar-refractivity contribution >= 4 is 60.4 Å². The third-order valence-corrected chi connectivity index (χ3v) is 13.3. The summed E-state index contributed by atoms with van der Waals surface area (Å²) in [6.45, 7) is 19.5. The number of nitrogens with zero attached hydrogens (tertiary/aromatic N) is 4. The maximum Gasteiger partial charge on any atom is 1.00 e. The van der Waals surface area contributed by atoms with Crippen molar-refractivity contribution < 1.29 is 103 Å². The zero-order valence-electron chi connectivity index (χ0n) is 37.0. The molecule has 2 aromatic carbocycles. The summed E-state index contributed by atoms with van der Waals surface area (Å²) < 4.78 is 62.8. The standard InChI is InChI=1S/C21H25BClFN2O4.C13H18BClFNO2.C7H7N2O2.K.H2O/c1-19(2)20(3,4)30-22(29-19)13-8-6-12(15(23)16(13)24)7-9-14(27)17-25-18(28-26-17)21(5)10-11-21;1-12(2)13(3,4)19-14(18-12)9-6-5-8(7-17)10(15)11(9)16;1-7(2-3-7)6-8-5(4-10)9-11-6;;/h6,8H,7,9-11H2,1-5H3;5-6H,7,17H2,1-4H3;2-3H2,1H3;;1H2/q;;-1;+1;/p-1. The van der Waals surface area contributed by atoms with Crippen molar-refractivity contribution in [2.45, 2.75) is 148 Å². The minimum Gasteiger partial charge on any atom is -0.870 e. The number of ketones is 1. The van der Waals surface area contributed by atoms with Gasteiger partial charge in [-0.2, -0.15) is 11.3 Å². The van der Waals surface area contributed by atoms with E-state index in [1.807, 2.05) is 69.2 Å². The van der Waals surface area contributed by atoms with Crippen LogP contribution in [0.15, 0.2) is 33.3 Å². The molecule has 62 heavy (non-hydrogen) atoms. The van der Waals surface area contributed by atoms with E-state index in [2.05, 4.69) is 20.3 Å². The van der Waals surface area contributed by atoms with E-state index in [9.17, 15) is 18.4 Å². The summed E-state index contributed by atoms with van der Waals surface area (Å²) in [6.07, 6.45) is 6.03. The smallest absolute Gasteiger partial charge is 0.870 e. The zero-order chi connectivity index (χ0) is 44.2. The van der Waals surface area contributed by atoms with E-state index in [-0.39, 0.29) is 120 Å². The van der Waals surface area contributed by atoms with Gasteiger partial charge in [-0.25, -0.2) is 13.8 Å². The maximum absolute atomic E-state index is 15.0. The van der Waals surface area contributed by atoms with E-state index in [0.717, 1.165) is 25.7 Å². The first-order valence-electron chi connectivity index (χ1n) is 19.8. The number of rotatable bonds is 10. The second kappa shape index (κ2) is 19.5. The molecule has 8 rings (SSSR count). The summed E-state index contributed by atoms with van der Waals surface area (Å²) in [5.74, 6) is -0.235. The molecular weight excluding hydrogens is 876 g/mol. The van der Waals surface area contributed by atoms with Crippen LogP contribution in [0.2, 0.25) is 10.0 Å². The average Bonchev–Trinajstić information content (AvgIpc) is 3.84. The first-order chi connectivity index (χ1) is 27.9. The fourth-order valence-corrected chi connectivity index (χ4v) is 6.63. The Labute approximate surface area is 413 Å². The van der Waals surface area contributed by atoms with Crippen LogP contribution in [0.1, 0.15) is 141 Å². The summed E-state index contributed by atoms with van der Waals surface area (Å²) >= 11 is 12.2. The molecule has 2 saturated heterocycles. The monoisotopic (exact) mass is 926 g/mol. The van der Waals surface area contributed by atoms with Crippen LogP contribution in [0.3, 0.4) is 0 Å². The Bertz CT molecular complexity index is 2240. The van der Waals surface area contributed by atoms with Crippen molar-refractivity contribution in [1.29, 1.82) is 0 Å². The number of carbonyl (C=O) groups excluding carboxylic acids is 2. The van der Waals surface area contributed by atoms with E-state index < -0.39 is 48.3 Å². The SMILES string of the molecule is CC1(C)OB(c2ccc(CN)c(Cl)c2F)OC1(C)C.CC1(c2nc(C(=O)CCc3ccc(B4OC(C)(C)C(C)(C)O4)c(F)c3Cl)no2)CC1.CC1(c2nc([C-]=O)no2)CC1.[K+].[OH-]. The summed E-state index contributed by atoms with van der Waals surface area (Å²) in [4.78, 5) is 30.6. The van der Waals surface area contributed by atoms with Gasteiger partial charge in [0.15, 0.2) is 0 Å². The minimum absolute atomic E-state index is 0. The number of hydrogen-bond acceptors (Lipinski definition) is 14. The predicted octanol–water partition coefficient (Wildman–Crippen LogP) is 3.67. The number of Topliss-reactive ketones (excluding diaryl/α,β-unsaturated/α-hetero) is 1. The van der Waals surface area contributed by atoms with E-state index in [0.29, 0.717) is 28.4 Å². The first-order valence-corrected chi connectivity index (χ1v) is 20.6. The number of halogens is 4. The Morgan fingerprint density at radius 3 is 1.52 bits per heavy atom. The van der Waals surface area contributed by atoms with E-state index in [1.54, 1.807) is 30.6 Å².